The minimum absolute atomic E-state index is 0.630. The summed E-state index contributed by atoms with van der Waals surface area (Å²) in [5.41, 5.74) is 16.7. The number of hydrogen-bond acceptors (Lipinski definition) is 0. The van der Waals surface area contributed by atoms with Gasteiger partial charge in [-0.25, -0.2) is 0 Å². The van der Waals surface area contributed by atoms with Gasteiger partial charge in [-0.1, -0.05) is 119 Å². The Morgan fingerprint density at radius 3 is 0.917 bits per heavy atom. The summed E-state index contributed by atoms with van der Waals surface area (Å²) in [6, 6.07) is 9.10. The Morgan fingerprint density at radius 2 is 0.694 bits per heavy atom. The lowest BCUT2D eigenvalue weighted by atomic mass is 9.94. The molecule has 2 heteroatoms. The first kappa shape index (κ1) is 30.5. The second-order valence-corrected chi connectivity index (χ2v) is 24.1. The van der Waals surface area contributed by atoms with E-state index in [0.717, 1.165) is 0 Å². The van der Waals surface area contributed by atoms with E-state index in [1.807, 2.05) is 0 Å². The van der Waals surface area contributed by atoms with Gasteiger partial charge in [-0.15, -0.1) is 11.1 Å². The topological polar surface area (TPSA) is 0 Å². The zero-order chi connectivity index (χ0) is 27.6. The zero-order valence-corrected chi connectivity index (χ0v) is 27.8. The van der Waals surface area contributed by atoms with Crippen molar-refractivity contribution in [3.05, 3.63) is 46.5 Å². The van der Waals surface area contributed by atoms with Crippen LogP contribution >= 0.6 is 0 Å². The van der Waals surface area contributed by atoms with Gasteiger partial charge in [0, 0.05) is 11.1 Å². The largest absolute Gasteiger partial charge is 0.146 e. The highest BCUT2D eigenvalue weighted by Crippen LogP contribution is 2.42. The number of fused-ring (bicyclic) bond motifs is 1. The fraction of sp³-hybridized carbons (Fsp3) is 0.588. The van der Waals surface area contributed by atoms with Crippen LogP contribution in [0, 0.1) is 36.8 Å². The van der Waals surface area contributed by atoms with E-state index in [2.05, 4.69) is 144 Å². The Kier molecular flexibility index (Phi) is 9.95. The summed E-state index contributed by atoms with van der Waals surface area (Å²) in [5, 5.41) is 2.53. The maximum Gasteiger partial charge on any atom is 0.146 e. The molecule has 2 aromatic carbocycles. The van der Waals surface area contributed by atoms with Crippen LogP contribution in [0.5, 0.6) is 0 Å². The second kappa shape index (κ2) is 11.8. The van der Waals surface area contributed by atoms with Crippen LogP contribution in [-0.2, 0) is 0 Å². The highest BCUT2D eigenvalue weighted by molar-refractivity contribution is 6.91. The van der Waals surface area contributed by atoms with Gasteiger partial charge in [0.05, 0.1) is 0 Å². The molecule has 0 aliphatic carbocycles. The third-order valence-corrected chi connectivity index (χ3v) is 21.7. The molecule has 0 bridgehead atoms. The normalized spacial score (nSPS) is 12.7. The van der Waals surface area contributed by atoms with Gasteiger partial charge >= 0.3 is 0 Å². The number of aryl methyl sites for hydroxylation is 2. The van der Waals surface area contributed by atoms with Crippen molar-refractivity contribution in [2.24, 2.45) is 0 Å². The Hall–Kier alpha value is -1.75. The molecule has 0 unspecified atom stereocenters. The van der Waals surface area contributed by atoms with E-state index in [1.165, 1.54) is 33.0 Å². The van der Waals surface area contributed by atoms with Crippen LogP contribution in [-0.4, -0.2) is 16.1 Å². The molecule has 196 valence electrons. The third-order valence-electron chi connectivity index (χ3n) is 9.16. The third kappa shape index (κ3) is 5.42. The molecule has 0 spiro atoms. The molecule has 0 atom stereocenters. The van der Waals surface area contributed by atoms with Crippen LogP contribution in [0.4, 0.5) is 0 Å². The van der Waals surface area contributed by atoms with Gasteiger partial charge in [-0.3, -0.25) is 0 Å². The Morgan fingerprint density at radius 1 is 0.444 bits per heavy atom. The lowest BCUT2D eigenvalue weighted by Crippen LogP contribution is -2.43. The molecule has 0 N–H and O–H groups in total. The first-order chi connectivity index (χ1) is 16.6. The monoisotopic (exact) mass is 516 g/mol. The molecule has 0 aromatic heterocycles. The molecule has 36 heavy (non-hydrogen) atoms. The molecule has 0 aliphatic rings. The van der Waals surface area contributed by atoms with Gasteiger partial charge in [0.15, 0.2) is 0 Å². The van der Waals surface area contributed by atoms with E-state index in [-0.39, 0.29) is 0 Å². The minimum atomic E-state index is -1.81. The quantitative estimate of drug-likeness (QED) is 0.264. The molecule has 0 saturated heterocycles. The Labute approximate surface area is 226 Å². The van der Waals surface area contributed by atoms with Crippen LogP contribution in [0.3, 0.4) is 0 Å². The van der Waals surface area contributed by atoms with Crippen molar-refractivity contribution in [1.82, 2.24) is 0 Å². The van der Waals surface area contributed by atoms with Crippen molar-refractivity contribution >= 4 is 26.9 Å². The Balaban J connectivity index is 2.86. The van der Waals surface area contributed by atoms with E-state index in [9.17, 15) is 0 Å². The van der Waals surface area contributed by atoms with E-state index in [0.29, 0.717) is 33.2 Å². The highest BCUT2D eigenvalue weighted by atomic mass is 28.3. The van der Waals surface area contributed by atoms with E-state index in [4.69, 9.17) is 0 Å². The predicted octanol–water partition coefficient (Wildman–Crippen LogP) is 10.6. The lowest BCUT2D eigenvalue weighted by Gasteiger charge is -2.38. The maximum absolute atomic E-state index is 3.98. The fourth-order valence-electron chi connectivity index (χ4n) is 7.16. The van der Waals surface area contributed by atoms with Crippen molar-refractivity contribution < 1.29 is 0 Å². The molecular formula is C34H52Si2. The zero-order valence-electron chi connectivity index (χ0n) is 25.8. The molecule has 0 amide bonds. The smallest absolute Gasteiger partial charge is 0.125 e. The number of hydrogen-bond donors (Lipinski definition) is 0. The standard InChI is InChI=1S/C34H52Si2/c1-23(2)35(24(3)4,25(5)6)21-19-31-29(13)15-18-34-32(30(14)16-17-33(31)34)20-22-36(26(7)8,27(9)10)28(11)12/h15-18,23-28H,1-14H3. The molecule has 2 aromatic rings. The van der Waals surface area contributed by atoms with Crippen molar-refractivity contribution in [2.45, 2.75) is 130 Å². The summed E-state index contributed by atoms with van der Waals surface area (Å²) in [4.78, 5) is 0. The SMILES string of the molecule is Cc1ccc2c(C#C[Si](C(C)C)(C(C)C)C(C)C)c(C)ccc2c1C#C[Si](C(C)C)(C(C)C)C(C)C. The van der Waals surface area contributed by atoms with Gasteiger partial charge in [0.1, 0.15) is 16.1 Å². The van der Waals surface area contributed by atoms with Gasteiger partial charge in [0.2, 0.25) is 0 Å². The predicted molar refractivity (Wildman–Crippen MR) is 169 cm³/mol. The number of benzene rings is 2. The molecule has 0 saturated carbocycles. The second-order valence-electron chi connectivity index (χ2n) is 12.9. The van der Waals surface area contributed by atoms with Crippen LogP contribution in [0.1, 0.15) is 105 Å². The van der Waals surface area contributed by atoms with Gasteiger partial charge in [-0.2, -0.15) is 0 Å². The van der Waals surface area contributed by atoms with Crippen LogP contribution in [0.15, 0.2) is 24.3 Å². The average molecular weight is 517 g/mol. The molecule has 0 fully saturated rings. The summed E-state index contributed by atoms with van der Waals surface area (Å²) in [6.07, 6.45) is 0. The van der Waals surface area contributed by atoms with Crippen molar-refractivity contribution in [1.29, 1.82) is 0 Å². The Bertz CT molecular complexity index is 1050. The minimum Gasteiger partial charge on any atom is -0.125 e. The average Bonchev–Trinajstić information content (AvgIpc) is 2.75. The summed E-state index contributed by atoms with van der Waals surface area (Å²) in [7, 11) is -3.61. The molecule has 2 rings (SSSR count). The van der Waals surface area contributed by atoms with Gasteiger partial charge in [-0.05, 0) is 69.0 Å². The summed E-state index contributed by atoms with van der Waals surface area (Å²) in [5.74, 6) is 7.57. The molecule has 0 heterocycles. The molecular weight excluding hydrogens is 465 g/mol. The van der Waals surface area contributed by atoms with Crippen LogP contribution in [0.25, 0.3) is 10.8 Å². The molecule has 0 radical (unpaired) electrons. The van der Waals surface area contributed by atoms with E-state index >= 15 is 0 Å². The molecule has 0 aliphatic heterocycles. The van der Waals surface area contributed by atoms with E-state index < -0.39 is 16.1 Å². The van der Waals surface area contributed by atoms with Crippen LogP contribution in [0.2, 0.25) is 33.2 Å². The van der Waals surface area contributed by atoms with Crippen molar-refractivity contribution in [3.8, 4) is 22.9 Å². The van der Waals surface area contributed by atoms with E-state index in [1.54, 1.807) is 0 Å². The first-order valence-corrected chi connectivity index (χ1v) is 18.7. The number of rotatable bonds is 6. The van der Waals surface area contributed by atoms with Crippen LogP contribution < -0.4 is 0 Å². The van der Waals surface area contributed by atoms with Gasteiger partial charge in [0.25, 0.3) is 0 Å². The van der Waals surface area contributed by atoms with Gasteiger partial charge < -0.3 is 0 Å². The van der Waals surface area contributed by atoms with Crippen molar-refractivity contribution in [3.63, 3.8) is 0 Å². The fourth-order valence-corrected chi connectivity index (χ4v) is 17.6. The maximum atomic E-state index is 3.98. The highest BCUT2D eigenvalue weighted by Gasteiger charge is 2.42. The first-order valence-electron chi connectivity index (χ1n) is 14.2. The molecule has 0 nitrogen and oxygen atoms in total. The summed E-state index contributed by atoms with van der Waals surface area (Å²) >= 11 is 0. The lowest BCUT2D eigenvalue weighted by molar-refractivity contribution is 0.838. The summed E-state index contributed by atoms with van der Waals surface area (Å²) in [6.45, 7) is 33.1. The van der Waals surface area contributed by atoms with Crippen molar-refractivity contribution in [2.75, 3.05) is 0 Å². The summed E-state index contributed by atoms with van der Waals surface area (Å²) < 4.78 is 0.